The molecule has 10 rings (SSSR count). The number of halogens is 1. The molecule has 2 amide bonds. The summed E-state index contributed by atoms with van der Waals surface area (Å²) in [5.74, 6) is 2.31. The van der Waals surface area contributed by atoms with Crippen molar-refractivity contribution in [1.82, 2.24) is 34.8 Å². The normalized spacial score (nSPS) is 12.2. The molecule has 1 atom stereocenters. The molecule has 1 saturated heterocycles. The van der Waals surface area contributed by atoms with E-state index in [1.165, 1.54) is 18.2 Å². The van der Waals surface area contributed by atoms with Crippen molar-refractivity contribution >= 4 is 98.4 Å². The van der Waals surface area contributed by atoms with Gasteiger partial charge in [0, 0.05) is 94.5 Å². The number of ketones is 1. The maximum atomic E-state index is 14.3. The third-order valence-corrected chi connectivity index (χ3v) is 12.6. The van der Waals surface area contributed by atoms with E-state index in [0.29, 0.717) is 54.3 Å². The van der Waals surface area contributed by atoms with Crippen LogP contribution in [0.2, 0.25) is 0 Å². The molecule has 4 heterocycles. The third kappa shape index (κ3) is 20.6. The summed E-state index contributed by atoms with van der Waals surface area (Å²) in [5, 5.41) is 24.4. The average Bonchev–Trinajstić information content (AvgIpc) is 4.17. The monoisotopic (exact) mass is 1180 g/mol. The number of aryl methyl sites for hydroxylation is 2. The van der Waals surface area contributed by atoms with Gasteiger partial charge in [-0.2, -0.15) is 15.0 Å². The molecule has 9 aromatic rings. The highest BCUT2D eigenvalue weighted by atomic mass is 19.1. The minimum atomic E-state index is -0.612. The second kappa shape index (κ2) is 32.2. The van der Waals surface area contributed by atoms with Gasteiger partial charge < -0.3 is 56.9 Å². The van der Waals surface area contributed by atoms with Crippen LogP contribution in [0.4, 0.5) is 85.2 Å². The summed E-state index contributed by atoms with van der Waals surface area (Å²) in [4.78, 5) is 63.0. The van der Waals surface area contributed by atoms with Crippen LogP contribution in [0.5, 0.6) is 5.75 Å². The number of allylic oxidation sites excluding steroid dienone is 1. The first kappa shape index (κ1) is 62.9. The summed E-state index contributed by atoms with van der Waals surface area (Å²) in [5.41, 5.74) is 8.88. The minimum Gasteiger partial charge on any atom is -0.488 e. The van der Waals surface area contributed by atoms with E-state index in [4.69, 9.17) is 9.47 Å². The molecule has 0 spiro atoms. The highest BCUT2D eigenvalue weighted by Gasteiger charge is 2.17. The Bertz CT molecular complexity index is 3810. The van der Waals surface area contributed by atoms with Crippen LogP contribution in [0.1, 0.15) is 23.1 Å². The number of para-hydroxylation sites is 2. The van der Waals surface area contributed by atoms with Gasteiger partial charge in [0.2, 0.25) is 29.7 Å². The molecule has 20 nitrogen and oxygen atoms in total. The van der Waals surface area contributed by atoms with Crippen LogP contribution in [-0.2, 0) is 25.5 Å². The predicted molar refractivity (Wildman–Crippen MR) is 348 cm³/mol. The number of carbonyl (C=O) groups excluding carboxylic acids is 3. The van der Waals surface area contributed by atoms with Crippen molar-refractivity contribution in [3.8, 4) is 5.75 Å². The zero-order valence-corrected chi connectivity index (χ0v) is 49.1. The van der Waals surface area contributed by atoms with Crippen molar-refractivity contribution in [1.29, 1.82) is 0 Å². The highest BCUT2D eigenvalue weighted by molar-refractivity contribution is 6.00. The van der Waals surface area contributed by atoms with Gasteiger partial charge in [-0.1, -0.05) is 79.9 Å². The highest BCUT2D eigenvalue weighted by Crippen LogP contribution is 2.27. The second-order valence-corrected chi connectivity index (χ2v) is 20.0. The van der Waals surface area contributed by atoms with Crippen LogP contribution < -0.4 is 47.3 Å². The topological polar surface area (TPSA) is 246 Å². The fourth-order valence-corrected chi connectivity index (χ4v) is 8.10. The van der Waals surface area contributed by atoms with E-state index in [2.05, 4.69) is 85.6 Å². The number of carbonyl (C=O) groups is 3. The van der Waals surface area contributed by atoms with E-state index in [9.17, 15) is 18.8 Å². The molecule has 1 aliphatic heterocycles. The molecule has 21 heteroatoms. The Morgan fingerprint density at radius 1 is 0.568 bits per heavy atom. The molecule has 6 aromatic carbocycles. The molecule has 88 heavy (non-hydrogen) atoms. The Labute approximate surface area is 510 Å². The fourth-order valence-electron chi connectivity index (χ4n) is 8.10. The summed E-state index contributed by atoms with van der Waals surface area (Å²) in [6.07, 6.45) is 11.8. The summed E-state index contributed by atoms with van der Waals surface area (Å²) in [7, 11) is 3.90. The molecule has 1 aliphatic rings. The maximum absolute atomic E-state index is 14.3. The Morgan fingerprint density at radius 2 is 1.03 bits per heavy atom. The second-order valence-electron chi connectivity index (χ2n) is 20.0. The first-order valence-electron chi connectivity index (χ1n) is 28.0. The van der Waals surface area contributed by atoms with E-state index in [-0.39, 0.29) is 35.5 Å². The molecule has 3 aromatic heterocycles. The zero-order chi connectivity index (χ0) is 62.0. The molecule has 0 aliphatic carbocycles. The molecule has 0 saturated carbocycles. The Balaban J connectivity index is 0.000000172. The van der Waals surface area contributed by atoms with E-state index < -0.39 is 5.82 Å². The number of anilines is 14. The van der Waals surface area contributed by atoms with Crippen molar-refractivity contribution in [3.63, 3.8) is 0 Å². The summed E-state index contributed by atoms with van der Waals surface area (Å²) >= 11 is 0. The number of hydrogen-bond acceptors (Lipinski definition) is 18. The van der Waals surface area contributed by atoms with Crippen molar-refractivity contribution in [2.45, 2.75) is 32.8 Å². The smallest absolute Gasteiger partial charge is 0.248 e. The molecule has 0 radical (unpaired) electrons. The van der Waals surface area contributed by atoms with Gasteiger partial charge in [-0.25, -0.2) is 19.3 Å². The fraction of sp³-hybridized carbons (Fsp3) is 0.149. The lowest BCUT2D eigenvalue weighted by Crippen LogP contribution is -2.15. The van der Waals surface area contributed by atoms with E-state index in [1.807, 2.05) is 172 Å². The number of nitrogens with zero attached hydrogens (tertiary/aromatic N) is 7. The number of benzene rings is 6. The molecular weight excluding hydrogens is 1110 g/mol. The molecule has 0 bridgehead atoms. The molecule has 448 valence electrons. The van der Waals surface area contributed by atoms with Crippen LogP contribution in [0.15, 0.2) is 214 Å². The van der Waals surface area contributed by atoms with Gasteiger partial charge in [0.1, 0.15) is 23.5 Å². The largest absolute Gasteiger partial charge is 0.488 e. The lowest BCUT2D eigenvalue weighted by atomic mass is 10.1. The summed E-state index contributed by atoms with van der Waals surface area (Å²) in [6, 6.07) is 48.9. The van der Waals surface area contributed by atoms with Crippen molar-refractivity contribution in [2.24, 2.45) is 0 Å². The van der Waals surface area contributed by atoms with Crippen molar-refractivity contribution < 1.29 is 28.2 Å². The molecule has 0 unspecified atom stereocenters. The van der Waals surface area contributed by atoms with Crippen molar-refractivity contribution in [2.75, 3.05) is 76.4 Å². The van der Waals surface area contributed by atoms with Gasteiger partial charge in [0.25, 0.3) is 0 Å². The number of aromatic nitrogens is 6. The Kier molecular flexibility index (Phi) is 23.0. The van der Waals surface area contributed by atoms with Crippen LogP contribution in [0, 0.1) is 19.7 Å². The number of hydrogen-bond donors (Lipinski definition) is 8. The van der Waals surface area contributed by atoms with E-state index in [0.717, 1.165) is 75.9 Å². The van der Waals surface area contributed by atoms with Crippen LogP contribution >= 0.6 is 0 Å². The van der Waals surface area contributed by atoms with Gasteiger partial charge in [-0.05, 0) is 143 Å². The zero-order valence-electron chi connectivity index (χ0n) is 49.1. The third-order valence-electron chi connectivity index (χ3n) is 12.6. The van der Waals surface area contributed by atoms with Crippen LogP contribution in [0.25, 0.3) is 0 Å². The SMILES string of the molecule is C=CC(=O)Cc1ccc(Nc2nc(Nc3ccccc3)ncc2C)cc1.C=CC(=O)Nc1cccc(Nc2nc(Nc3ccc(O[C@H]4CCOC4)cc3)ncc2F)c1.Cc1cnc(Nc2ccccc2)nc1Nc1cccc(NC(=O)/C=C/CN(C)C)c1. The van der Waals surface area contributed by atoms with Crippen LogP contribution in [-0.4, -0.2) is 92.4 Å². The predicted octanol–water partition coefficient (Wildman–Crippen LogP) is 13.3. The molecule has 1 fully saturated rings. The number of amides is 2. The minimum absolute atomic E-state index is 0.00381. The number of nitrogens with one attached hydrogen (secondary N) is 8. The quantitative estimate of drug-likeness (QED) is 0.0277. The summed E-state index contributed by atoms with van der Waals surface area (Å²) in [6.45, 7) is 12.8. The van der Waals surface area contributed by atoms with E-state index in [1.54, 1.807) is 36.7 Å². The lowest BCUT2D eigenvalue weighted by Gasteiger charge is -2.13. The van der Waals surface area contributed by atoms with Crippen LogP contribution in [0.3, 0.4) is 0 Å². The van der Waals surface area contributed by atoms with Crippen molar-refractivity contribution in [3.05, 3.63) is 236 Å². The molecule has 8 N–H and O–H groups in total. The number of rotatable bonds is 23. The Hall–Kier alpha value is -11.2. The maximum Gasteiger partial charge on any atom is 0.248 e. The standard InChI is InChI=1S/C23H22FN5O3.C23H26N6O.C21H20N4O/c1-2-21(30)26-16-4-3-5-17(12-16)27-22-20(24)13-25-23(29-22)28-15-6-8-18(9-7-15)32-19-10-11-31-14-19;1-17-16-24-23(27-18-9-5-4-6-10-18)28-22(17)26-20-12-7-11-19(15-20)25-21(30)13-8-14-29(2)3;1-3-19(26)13-16-9-11-18(12-10-16)23-20-15(2)14-22-21(25-20)24-17-7-5-4-6-8-17/h2-9,12-13,19H,1,10-11,14H2,(H,26,30)(H2,25,27,28,29);4-13,15-16H,14H2,1-3H3,(H,25,30)(H2,24,26,27,28);3-12,14H,1,13H2,2H3,(H2,22,23,24,25)/b;13-8+;/t19-;;/m0../s1. The number of ether oxygens (including phenoxy) is 2. The van der Waals surface area contributed by atoms with Gasteiger partial charge in [-0.3, -0.25) is 14.4 Å². The van der Waals surface area contributed by atoms with Gasteiger partial charge >= 0.3 is 0 Å². The first-order valence-corrected chi connectivity index (χ1v) is 28.0. The summed E-state index contributed by atoms with van der Waals surface area (Å²) < 4.78 is 25.4. The number of likely N-dealkylation sites (N-methyl/N-ethyl adjacent to an activating group) is 1. The van der Waals surface area contributed by atoms with Gasteiger partial charge in [0.05, 0.1) is 19.4 Å². The van der Waals surface area contributed by atoms with E-state index >= 15 is 0 Å². The lowest BCUT2D eigenvalue weighted by molar-refractivity contribution is -0.114. The van der Waals surface area contributed by atoms with Gasteiger partial charge in [-0.15, -0.1) is 0 Å². The van der Waals surface area contributed by atoms with Gasteiger partial charge in [0.15, 0.2) is 17.4 Å². The first-order chi connectivity index (χ1) is 42.7. The Morgan fingerprint density at radius 3 is 1.56 bits per heavy atom. The molecular formula is C67H68FN15O5. The average molecular weight is 1180 g/mol.